The van der Waals surface area contributed by atoms with Gasteiger partial charge in [0.05, 0.1) is 16.3 Å². The van der Waals surface area contributed by atoms with Gasteiger partial charge in [-0.15, -0.1) is 0 Å². The fraction of sp³-hybridized carbons (Fsp3) is 0.438. The highest BCUT2D eigenvalue weighted by Gasteiger charge is 2.36. The molecule has 26 heavy (non-hydrogen) atoms. The molecular weight excluding hydrogens is 376 g/mol. The molecule has 1 aromatic heterocycles. The third kappa shape index (κ3) is 3.18. The van der Waals surface area contributed by atoms with Crippen molar-refractivity contribution in [2.75, 3.05) is 26.2 Å². The summed E-state index contributed by atoms with van der Waals surface area (Å²) >= 11 is 0. The van der Waals surface area contributed by atoms with E-state index in [1.165, 1.54) is 8.61 Å². The SMILES string of the molecule is Cc1nn(C)c(C)c1S(=O)(=O)N1CCN(S(=O)(=O)c2ccccc2)CC1. The second-order valence-electron chi connectivity index (χ2n) is 6.24. The van der Waals surface area contributed by atoms with E-state index >= 15 is 0 Å². The number of benzene rings is 1. The Bertz CT molecular complexity index is 1010. The molecule has 0 atom stereocenters. The van der Waals surface area contributed by atoms with E-state index in [0.29, 0.717) is 11.4 Å². The fourth-order valence-electron chi connectivity index (χ4n) is 3.15. The van der Waals surface area contributed by atoms with Crippen LogP contribution in [-0.2, 0) is 27.1 Å². The van der Waals surface area contributed by atoms with Crippen LogP contribution in [0.3, 0.4) is 0 Å². The van der Waals surface area contributed by atoms with E-state index in [9.17, 15) is 16.8 Å². The van der Waals surface area contributed by atoms with Crippen LogP contribution in [0.4, 0.5) is 0 Å². The van der Waals surface area contributed by atoms with E-state index in [-0.39, 0.29) is 36.0 Å². The van der Waals surface area contributed by atoms with Crippen molar-refractivity contribution in [3.05, 3.63) is 41.7 Å². The lowest BCUT2D eigenvalue weighted by Gasteiger charge is -2.33. The molecule has 0 saturated carbocycles. The smallest absolute Gasteiger partial charge is 0.246 e. The molecule has 1 saturated heterocycles. The van der Waals surface area contributed by atoms with Gasteiger partial charge in [0.2, 0.25) is 20.0 Å². The van der Waals surface area contributed by atoms with Gasteiger partial charge >= 0.3 is 0 Å². The lowest BCUT2D eigenvalue weighted by molar-refractivity contribution is 0.272. The Morgan fingerprint density at radius 2 is 1.35 bits per heavy atom. The fourth-order valence-corrected chi connectivity index (χ4v) is 6.41. The maximum Gasteiger partial charge on any atom is 0.246 e. The van der Waals surface area contributed by atoms with E-state index in [4.69, 9.17) is 0 Å². The van der Waals surface area contributed by atoms with Crippen LogP contribution in [0.2, 0.25) is 0 Å². The molecule has 1 aromatic carbocycles. The molecule has 1 aliphatic rings. The van der Waals surface area contributed by atoms with E-state index in [1.54, 1.807) is 55.9 Å². The first-order valence-electron chi connectivity index (χ1n) is 8.21. The van der Waals surface area contributed by atoms with Crippen molar-refractivity contribution >= 4 is 20.0 Å². The van der Waals surface area contributed by atoms with Crippen molar-refractivity contribution in [2.24, 2.45) is 7.05 Å². The Kier molecular flexibility index (Phi) is 4.95. The Labute approximate surface area is 154 Å². The topological polar surface area (TPSA) is 92.6 Å². The molecule has 0 N–H and O–H groups in total. The monoisotopic (exact) mass is 398 g/mol. The maximum atomic E-state index is 13.0. The predicted octanol–water partition coefficient (Wildman–Crippen LogP) is 0.732. The zero-order valence-electron chi connectivity index (χ0n) is 15.0. The molecule has 0 amide bonds. The summed E-state index contributed by atoms with van der Waals surface area (Å²) in [5.41, 5.74) is 1.02. The van der Waals surface area contributed by atoms with Crippen LogP contribution >= 0.6 is 0 Å². The van der Waals surface area contributed by atoms with Gasteiger partial charge in [0.25, 0.3) is 0 Å². The molecule has 0 unspecified atom stereocenters. The quantitative estimate of drug-likeness (QED) is 0.757. The molecule has 1 fully saturated rings. The highest BCUT2D eigenvalue weighted by atomic mass is 32.2. The Hall–Kier alpha value is -1.75. The molecule has 0 bridgehead atoms. The van der Waals surface area contributed by atoms with Gasteiger partial charge in [0, 0.05) is 33.2 Å². The van der Waals surface area contributed by atoms with E-state index in [2.05, 4.69) is 5.10 Å². The molecule has 2 aromatic rings. The summed E-state index contributed by atoms with van der Waals surface area (Å²) < 4.78 is 55.5. The van der Waals surface area contributed by atoms with Crippen LogP contribution in [0.25, 0.3) is 0 Å². The first-order valence-corrected chi connectivity index (χ1v) is 11.1. The van der Waals surface area contributed by atoms with E-state index in [1.807, 2.05) is 0 Å². The summed E-state index contributed by atoms with van der Waals surface area (Å²) in [6, 6.07) is 8.17. The highest BCUT2D eigenvalue weighted by Crippen LogP contribution is 2.25. The summed E-state index contributed by atoms with van der Waals surface area (Å²) in [5, 5.41) is 4.17. The summed E-state index contributed by atoms with van der Waals surface area (Å²) in [5.74, 6) is 0. The van der Waals surface area contributed by atoms with Gasteiger partial charge in [0.15, 0.2) is 0 Å². The molecule has 0 spiro atoms. The molecule has 3 rings (SSSR count). The van der Waals surface area contributed by atoms with E-state index < -0.39 is 20.0 Å². The first-order chi connectivity index (χ1) is 12.2. The van der Waals surface area contributed by atoms with Gasteiger partial charge in [-0.25, -0.2) is 16.8 Å². The average Bonchev–Trinajstić information content (AvgIpc) is 2.88. The predicted molar refractivity (Wildman–Crippen MR) is 96.6 cm³/mol. The number of hydrogen-bond acceptors (Lipinski definition) is 5. The molecule has 10 heteroatoms. The minimum absolute atomic E-state index is 0.113. The lowest BCUT2D eigenvalue weighted by atomic mass is 10.4. The summed E-state index contributed by atoms with van der Waals surface area (Å²) in [4.78, 5) is 0.426. The summed E-state index contributed by atoms with van der Waals surface area (Å²) in [6.45, 7) is 3.84. The number of hydrogen-bond donors (Lipinski definition) is 0. The van der Waals surface area contributed by atoms with Crippen LogP contribution in [0.15, 0.2) is 40.1 Å². The number of sulfonamides is 2. The second kappa shape index (κ2) is 6.76. The van der Waals surface area contributed by atoms with Crippen molar-refractivity contribution in [3.8, 4) is 0 Å². The van der Waals surface area contributed by atoms with Crippen LogP contribution in [0.1, 0.15) is 11.4 Å². The highest BCUT2D eigenvalue weighted by molar-refractivity contribution is 7.89. The normalized spacial score (nSPS) is 17.5. The van der Waals surface area contributed by atoms with Gasteiger partial charge in [-0.2, -0.15) is 13.7 Å². The van der Waals surface area contributed by atoms with Crippen molar-refractivity contribution in [2.45, 2.75) is 23.6 Å². The Morgan fingerprint density at radius 1 is 0.846 bits per heavy atom. The number of piperazine rings is 1. The van der Waals surface area contributed by atoms with Gasteiger partial charge < -0.3 is 0 Å². The lowest BCUT2D eigenvalue weighted by Crippen LogP contribution is -2.50. The summed E-state index contributed by atoms with van der Waals surface area (Å²) in [7, 11) is -5.62. The number of aryl methyl sites for hydroxylation is 2. The van der Waals surface area contributed by atoms with Gasteiger partial charge in [-0.3, -0.25) is 4.68 Å². The van der Waals surface area contributed by atoms with Crippen LogP contribution in [-0.4, -0.2) is 61.4 Å². The zero-order valence-corrected chi connectivity index (χ0v) is 16.6. The molecule has 0 radical (unpaired) electrons. The Morgan fingerprint density at radius 3 is 1.81 bits per heavy atom. The van der Waals surface area contributed by atoms with Crippen LogP contribution in [0.5, 0.6) is 0 Å². The molecular formula is C16H22N4O4S2. The number of nitrogens with zero attached hydrogens (tertiary/aromatic N) is 4. The second-order valence-corrected chi connectivity index (χ2v) is 10.1. The van der Waals surface area contributed by atoms with E-state index in [0.717, 1.165) is 0 Å². The standard InChI is InChI=1S/C16H22N4O4S2/c1-13-16(14(2)18(3)17-13)26(23,24)20-11-9-19(10-12-20)25(21,22)15-7-5-4-6-8-15/h4-8H,9-12H2,1-3H3. The van der Waals surface area contributed by atoms with Gasteiger partial charge in [-0.1, -0.05) is 18.2 Å². The van der Waals surface area contributed by atoms with Crippen molar-refractivity contribution in [1.82, 2.24) is 18.4 Å². The maximum absolute atomic E-state index is 13.0. The molecule has 2 heterocycles. The van der Waals surface area contributed by atoms with Crippen LogP contribution < -0.4 is 0 Å². The van der Waals surface area contributed by atoms with Crippen molar-refractivity contribution in [3.63, 3.8) is 0 Å². The van der Waals surface area contributed by atoms with Crippen LogP contribution in [0, 0.1) is 13.8 Å². The molecule has 142 valence electrons. The largest absolute Gasteiger partial charge is 0.271 e. The number of rotatable bonds is 4. The molecule has 0 aliphatic carbocycles. The first kappa shape index (κ1) is 19.0. The third-order valence-corrected chi connectivity index (χ3v) is 8.68. The molecule has 8 nitrogen and oxygen atoms in total. The third-order valence-electron chi connectivity index (χ3n) is 4.62. The minimum atomic E-state index is -3.71. The van der Waals surface area contributed by atoms with Crippen molar-refractivity contribution in [1.29, 1.82) is 0 Å². The van der Waals surface area contributed by atoms with Gasteiger partial charge in [-0.05, 0) is 26.0 Å². The zero-order chi connectivity index (χ0) is 19.1. The summed E-state index contributed by atoms with van der Waals surface area (Å²) in [6.07, 6.45) is 0. The Balaban J connectivity index is 1.80. The molecule has 1 aliphatic heterocycles. The minimum Gasteiger partial charge on any atom is -0.271 e. The van der Waals surface area contributed by atoms with Gasteiger partial charge in [0.1, 0.15) is 4.90 Å². The van der Waals surface area contributed by atoms with Crippen molar-refractivity contribution < 1.29 is 16.8 Å². The average molecular weight is 399 g/mol. The number of aromatic nitrogens is 2.